The molecule has 1 aliphatic heterocycles. The summed E-state index contributed by atoms with van der Waals surface area (Å²) < 4.78 is 7.21. The van der Waals surface area contributed by atoms with Crippen LogP contribution in [-0.2, 0) is 11.3 Å². The summed E-state index contributed by atoms with van der Waals surface area (Å²) in [6.07, 6.45) is 1.95. The Morgan fingerprint density at radius 2 is 1.72 bits per heavy atom. The molecule has 4 rings (SSSR count). The van der Waals surface area contributed by atoms with Crippen LogP contribution in [0.2, 0.25) is 0 Å². The van der Waals surface area contributed by atoms with E-state index in [1.54, 1.807) is 24.1 Å². The normalized spacial score (nSPS) is 14.2. The van der Waals surface area contributed by atoms with Crippen LogP contribution >= 0.6 is 0 Å². The first-order valence-corrected chi connectivity index (χ1v) is 10.8. The van der Waals surface area contributed by atoms with E-state index in [4.69, 9.17) is 4.74 Å². The van der Waals surface area contributed by atoms with Crippen LogP contribution in [0.1, 0.15) is 18.9 Å². The number of rotatable bonds is 6. The van der Waals surface area contributed by atoms with Crippen molar-refractivity contribution < 1.29 is 14.3 Å². The fourth-order valence-corrected chi connectivity index (χ4v) is 3.56. The smallest absolute Gasteiger partial charge is 0.344 e. The standard InChI is InChI=1S/C24H27N5O3/c1-2-23(30)25-22-11-12-29(26-22)24(31)28-15-13-27(14-16-28)18-19-7-6-10-21(17-19)32-20-8-4-3-5-9-20/h3-12,17H,2,13-16,18H2,1H3,(H,25,26,30). The van der Waals surface area contributed by atoms with E-state index in [1.807, 2.05) is 42.5 Å². The van der Waals surface area contributed by atoms with Crippen molar-refractivity contribution >= 4 is 17.8 Å². The third-order valence-electron chi connectivity index (χ3n) is 5.30. The second-order valence-electron chi connectivity index (χ2n) is 7.66. The maximum atomic E-state index is 12.7. The molecule has 8 nitrogen and oxygen atoms in total. The fourth-order valence-electron chi connectivity index (χ4n) is 3.56. The highest BCUT2D eigenvalue weighted by Gasteiger charge is 2.23. The molecule has 2 aromatic carbocycles. The molecule has 0 saturated carbocycles. The quantitative estimate of drug-likeness (QED) is 0.640. The Bertz CT molecular complexity index is 1060. The number of nitrogens with one attached hydrogen (secondary N) is 1. The second kappa shape index (κ2) is 10.1. The van der Waals surface area contributed by atoms with Crippen LogP contribution in [0.5, 0.6) is 11.5 Å². The third kappa shape index (κ3) is 5.53. The molecule has 1 fully saturated rings. The molecule has 0 spiro atoms. The Balaban J connectivity index is 1.29. The van der Waals surface area contributed by atoms with E-state index < -0.39 is 0 Å². The van der Waals surface area contributed by atoms with Gasteiger partial charge in [0.1, 0.15) is 11.5 Å². The Kier molecular flexibility index (Phi) is 6.81. The number of piperazine rings is 1. The first-order chi connectivity index (χ1) is 15.6. The van der Waals surface area contributed by atoms with Crippen LogP contribution in [0.4, 0.5) is 10.6 Å². The van der Waals surface area contributed by atoms with Crippen molar-refractivity contribution in [1.29, 1.82) is 0 Å². The topological polar surface area (TPSA) is 79.7 Å². The molecule has 0 bridgehead atoms. The molecule has 1 saturated heterocycles. The lowest BCUT2D eigenvalue weighted by atomic mass is 10.2. The minimum Gasteiger partial charge on any atom is -0.457 e. The molecular weight excluding hydrogens is 406 g/mol. The van der Waals surface area contributed by atoms with E-state index in [0.29, 0.717) is 25.3 Å². The number of amides is 2. The van der Waals surface area contributed by atoms with Gasteiger partial charge in [0.25, 0.3) is 0 Å². The van der Waals surface area contributed by atoms with E-state index >= 15 is 0 Å². The highest BCUT2D eigenvalue weighted by molar-refractivity contribution is 5.89. The molecule has 1 aromatic heterocycles. The van der Waals surface area contributed by atoms with Gasteiger partial charge in [-0.3, -0.25) is 9.69 Å². The summed E-state index contributed by atoms with van der Waals surface area (Å²) in [5.41, 5.74) is 1.17. The van der Waals surface area contributed by atoms with Gasteiger partial charge in [0.15, 0.2) is 5.82 Å². The van der Waals surface area contributed by atoms with Crippen LogP contribution in [0.3, 0.4) is 0 Å². The Labute approximate surface area is 187 Å². The van der Waals surface area contributed by atoms with Gasteiger partial charge in [-0.25, -0.2) is 4.79 Å². The molecule has 32 heavy (non-hydrogen) atoms. The maximum absolute atomic E-state index is 12.7. The lowest BCUT2D eigenvalue weighted by Gasteiger charge is -2.34. The van der Waals surface area contributed by atoms with Gasteiger partial charge in [0.2, 0.25) is 5.91 Å². The van der Waals surface area contributed by atoms with E-state index in [2.05, 4.69) is 27.4 Å². The summed E-state index contributed by atoms with van der Waals surface area (Å²) in [6, 6.07) is 19.3. The number of para-hydroxylation sites is 1. The Hall–Kier alpha value is -3.65. The number of hydrogen-bond donors (Lipinski definition) is 1. The number of ether oxygens (including phenoxy) is 1. The highest BCUT2D eigenvalue weighted by atomic mass is 16.5. The molecule has 0 atom stereocenters. The summed E-state index contributed by atoms with van der Waals surface area (Å²) in [5, 5.41) is 6.83. The van der Waals surface area contributed by atoms with Crippen LogP contribution in [-0.4, -0.2) is 57.7 Å². The molecule has 2 heterocycles. The number of benzene rings is 2. The molecule has 3 aromatic rings. The average molecular weight is 434 g/mol. The summed E-state index contributed by atoms with van der Waals surface area (Å²) in [5.74, 6) is 1.89. The van der Waals surface area contributed by atoms with Crippen molar-refractivity contribution in [2.45, 2.75) is 19.9 Å². The summed E-state index contributed by atoms with van der Waals surface area (Å²) in [7, 11) is 0. The zero-order valence-corrected chi connectivity index (χ0v) is 18.1. The molecule has 0 radical (unpaired) electrons. The van der Waals surface area contributed by atoms with Crippen LogP contribution in [0, 0.1) is 0 Å². The molecule has 1 aliphatic rings. The van der Waals surface area contributed by atoms with Crippen molar-refractivity contribution in [2.24, 2.45) is 0 Å². The van der Waals surface area contributed by atoms with E-state index in [9.17, 15) is 9.59 Å². The van der Waals surface area contributed by atoms with Gasteiger partial charge in [-0.2, -0.15) is 4.68 Å². The number of anilines is 1. The van der Waals surface area contributed by atoms with Crippen LogP contribution in [0.25, 0.3) is 0 Å². The number of aromatic nitrogens is 2. The molecule has 8 heteroatoms. The molecular formula is C24H27N5O3. The van der Waals surface area contributed by atoms with Gasteiger partial charge >= 0.3 is 6.03 Å². The number of carbonyl (C=O) groups excluding carboxylic acids is 2. The lowest BCUT2D eigenvalue weighted by Crippen LogP contribution is -2.49. The molecule has 1 N–H and O–H groups in total. The maximum Gasteiger partial charge on any atom is 0.344 e. The average Bonchev–Trinajstić information content (AvgIpc) is 3.28. The lowest BCUT2D eigenvalue weighted by molar-refractivity contribution is -0.115. The van der Waals surface area contributed by atoms with E-state index in [1.165, 1.54) is 10.2 Å². The summed E-state index contributed by atoms with van der Waals surface area (Å²) in [4.78, 5) is 28.3. The number of hydrogen-bond acceptors (Lipinski definition) is 5. The molecule has 2 amide bonds. The van der Waals surface area contributed by atoms with Crippen LogP contribution in [0.15, 0.2) is 66.9 Å². The highest BCUT2D eigenvalue weighted by Crippen LogP contribution is 2.22. The van der Waals surface area contributed by atoms with Gasteiger partial charge in [0, 0.05) is 51.4 Å². The predicted octanol–water partition coefficient (Wildman–Crippen LogP) is 3.81. The summed E-state index contributed by atoms with van der Waals surface area (Å²) >= 11 is 0. The van der Waals surface area contributed by atoms with Gasteiger partial charge in [0.05, 0.1) is 0 Å². The first kappa shape index (κ1) is 21.6. The minimum absolute atomic E-state index is 0.130. The van der Waals surface area contributed by atoms with Crippen molar-refractivity contribution in [1.82, 2.24) is 19.6 Å². The van der Waals surface area contributed by atoms with Gasteiger partial charge < -0.3 is 15.0 Å². The van der Waals surface area contributed by atoms with Gasteiger partial charge in [-0.1, -0.05) is 37.3 Å². The van der Waals surface area contributed by atoms with Crippen molar-refractivity contribution in [3.63, 3.8) is 0 Å². The first-order valence-electron chi connectivity index (χ1n) is 10.8. The summed E-state index contributed by atoms with van der Waals surface area (Å²) in [6.45, 7) is 5.35. The zero-order valence-electron chi connectivity index (χ0n) is 18.1. The largest absolute Gasteiger partial charge is 0.457 e. The zero-order chi connectivity index (χ0) is 22.3. The predicted molar refractivity (Wildman–Crippen MR) is 122 cm³/mol. The molecule has 0 aliphatic carbocycles. The monoisotopic (exact) mass is 433 g/mol. The SMILES string of the molecule is CCC(=O)Nc1ccn(C(=O)N2CCN(Cc3cccc(Oc4ccccc4)c3)CC2)n1. The Morgan fingerprint density at radius 1 is 0.969 bits per heavy atom. The molecule has 0 unspecified atom stereocenters. The minimum atomic E-state index is -0.181. The fraction of sp³-hybridized carbons (Fsp3) is 0.292. The third-order valence-corrected chi connectivity index (χ3v) is 5.30. The number of carbonyl (C=O) groups is 2. The van der Waals surface area contributed by atoms with Crippen molar-refractivity contribution in [2.75, 3.05) is 31.5 Å². The van der Waals surface area contributed by atoms with Gasteiger partial charge in [-0.15, -0.1) is 5.10 Å². The van der Waals surface area contributed by atoms with Crippen molar-refractivity contribution in [3.05, 3.63) is 72.4 Å². The van der Waals surface area contributed by atoms with E-state index in [0.717, 1.165) is 31.1 Å². The van der Waals surface area contributed by atoms with Crippen LogP contribution < -0.4 is 10.1 Å². The number of nitrogens with zero attached hydrogens (tertiary/aromatic N) is 4. The van der Waals surface area contributed by atoms with E-state index in [-0.39, 0.29) is 11.9 Å². The second-order valence-corrected chi connectivity index (χ2v) is 7.66. The Morgan fingerprint density at radius 3 is 2.47 bits per heavy atom. The van der Waals surface area contributed by atoms with Gasteiger partial charge in [-0.05, 0) is 29.8 Å². The van der Waals surface area contributed by atoms with Crippen molar-refractivity contribution in [3.8, 4) is 11.5 Å². The molecule has 166 valence electrons.